The van der Waals surface area contributed by atoms with E-state index in [1.165, 1.54) is 6.26 Å². The zero-order chi connectivity index (χ0) is 21.0. The summed E-state index contributed by atoms with van der Waals surface area (Å²) in [4.78, 5) is 21.1. The molecule has 1 atom stereocenters. The Kier molecular flexibility index (Phi) is 6.07. The van der Waals surface area contributed by atoms with Crippen LogP contribution in [-0.2, 0) is 15.6 Å². The number of carbonyl (C=O) groups is 1. The maximum absolute atomic E-state index is 12.7. The van der Waals surface area contributed by atoms with Gasteiger partial charge in [0.25, 0.3) is 5.91 Å². The molecule has 3 rings (SSSR count). The minimum absolute atomic E-state index is 0.00524. The second-order valence-electron chi connectivity index (χ2n) is 7.16. The van der Waals surface area contributed by atoms with Crippen molar-refractivity contribution in [2.75, 3.05) is 6.26 Å². The van der Waals surface area contributed by atoms with Crippen LogP contribution in [0.4, 0.5) is 0 Å². The second-order valence-corrected chi connectivity index (χ2v) is 9.30. The van der Waals surface area contributed by atoms with Crippen molar-refractivity contribution in [1.29, 1.82) is 0 Å². The third kappa shape index (κ3) is 5.47. The van der Waals surface area contributed by atoms with Gasteiger partial charge in [0, 0.05) is 29.8 Å². The lowest BCUT2D eigenvalue weighted by molar-refractivity contribution is 0.0914. The highest BCUT2D eigenvalue weighted by atomic mass is 32.2. The molecule has 1 N–H and O–H groups in total. The molecule has 1 unspecified atom stereocenters. The van der Waals surface area contributed by atoms with Gasteiger partial charge in [-0.1, -0.05) is 31.1 Å². The first-order valence-corrected chi connectivity index (χ1v) is 11.1. The van der Waals surface area contributed by atoms with Crippen LogP contribution < -0.4 is 5.32 Å². The zero-order valence-corrected chi connectivity index (χ0v) is 17.2. The Hall–Kier alpha value is -3.07. The minimum Gasteiger partial charge on any atom is -0.340 e. The van der Waals surface area contributed by atoms with Crippen molar-refractivity contribution < 1.29 is 17.7 Å². The Morgan fingerprint density at radius 3 is 2.48 bits per heavy atom. The molecule has 2 aromatic heterocycles. The van der Waals surface area contributed by atoms with E-state index >= 15 is 0 Å². The van der Waals surface area contributed by atoms with Crippen molar-refractivity contribution in [2.24, 2.45) is 5.92 Å². The Balaban J connectivity index is 1.75. The predicted octanol–water partition coefficient (Wildman–Crippen LogP) is 2.80. The van der Waals surface area contributed by atoms with Crippen LogP contribution in [0.2, 0.25) is 0 Å². The van der Waals surface area contributed by atoms with Gasteiger partial charge < -0.3 is 9.84 Å². The zero-order valence-electron chi connectivity index (χ0n) is 16.4. The molecule has 152 valence electrons. The van der Waals surface area contributed by atoms with Crippen molar-refractivity contribution in [1.82, 2.24) is 20.4 Å². The quantitative estimate of drug-likeness (QED) is 0.632. The lowest BCUT2D eigenvalue weighted by atomic mass is 10.0. The van der Waals surface area contributed by atoms with Gasteiger partial charge in [0.05, 0.1) is 5.75 Å². The summed E-state index contributed by atoms with van der Waals surface area (Å²) in [5.74, 6) is 0.336. The fraction of sp³-hybridized carbons (Fsp3) is 0.300. The normalized spacial score (nSPS) is 12.7. The molecule has 0 spiro atoms. The summed E-state index contributed by atoms with van der Waals surface area (Å²) in [5.41, 5.74) is 1.76. The highest BCUT2D eigenvalue weighted by molar-refractivity contribution is 7.89. The fourth-order valence-corrected chi connectivity index (χ4v) is 3.56. The van der Waals surface area contributed by atoms with Gasteiger partial charge in [-0.3, -0.25) is 9.78 Å². The molecule has 0 radical (unpaired) electrons. The van der Waals surface area contributed by atoms with E-state index in [1.807, 2.05) is 19.9 Å². The first-order valence-electron chi connectivity index (χ1n) is 9.04. The van der Waals surface area contributed by atoms with E-state index in [0.29, 0.717) is 22.8 Å². The van der Waals surface area contributed by atoms with Gasteiger partial charge in [-0.2, -0.15) is 4.98 Å². The molecule has 0 aliphatic carbocycles. The van der Waals surface area contributed by atoms with Crippen molar-refractivity contribution in [2.45, 2.75) is 25.6 Å². The number of sulfone groups is 1. The molecule has 0 aliphatic heterocycles. The highest BCUT2D eigenvalue weighted by Crippen LogP contribution is 2.23. The monoisotopic (exact) mass is 414 g/mol. The van der Waals surface area contributed by atoms with Crippen LogP contribution in [0.3, 0.4) is 0 Å². The Morgan fingerprint density at radius 1 is 1.17 bits per heavy atom. The van der Waals surface area contributed by atoms with E-state index in [9.17, 15) is 13.2 Å². The maximum Gasteiger partial charge on any atom is 0.251 e. The molecular formula is C20H22N4O4S. The minimum atomic E-state index is -3.13. The summed E-state index contributed by atoms with van der Waals surface area (Å²) in [7, 11) is -3.13. The van der Waals surface area contributed by atoms with Crippen molar-refractivity contribution >= 4 is 15.7 Å². The third-order valence-electron chi connectivity index (χ3n) is 4.23. The topological polar surface area (TPSA) is 115 Å². The smallest absolute Gasteiger partial charge is 0.251 e. The summed E-state index contributed by atoms with van der Waals surface area (Å²) in [6, 6.07) is 9.59. The van der Waals surface area contributed by atoms with Gasteiger partial charge in [0.15, 0.2) is 9.84 Å². The number of carbonyl (C=O) groups excluding carboxylic acids is 1. The van der Waals surface area contributed by atoms with Gasteiger partial charge >= 0.3 is 0 Å². The number of hydrogen-bond acceptors (Lipinski definition) is 7. The number of benzene rings is 1. The number of rotatable bonds is 7. The van der Waals surface area contributed by atoms with Gasteiger partial charge in [0.1, 0.15) is 6.04 Å². The number of pyridine rings is 1. The fourth-order valence-electron chi connectivity index (χ4n) is 2.77. The van der Waals surface area contributed by atoms with E-state index in [4.69, 9.17) is 4.52 Å². The van der Waals surface area contributed by atoms with Gasteiger partial charge in [-0.15, -0.1) is 0 Å². The molecule has 1 aromatic carbocycles. The molecule has 3 aromatic rings. The van der Waals surface area contributed by atoms with E-state index in [-0.39, 0.29) is 17.6 Å². The number of nitrogens with one attached hydrogen (secondary N) is 1. The van der Waals surface area contributed by atoms with E-state index < -0.39 is 15.9 Å². The van der Waals surface area contributed by atoms with Crippen LogP contribution in [-0.4, -0.2) is 35.7 Å². The second kappa shape index (κ2) is 8.52. The maximum atomic E-state index is 12.7. The number of amides is 1. The van der Waals surface area contributed by atoms with Crippen LogP contribution >= 0.6 is 0 Å². The molecule has 8 nitrogen and oxygen atoms in total. The van der Waals surface area contributed by atoms with Crippen LogP contribution in [0, 0.1) is 5.92 Å². The number of hydrogen-bond donors (Lipinski definition) is 1. The largest absolute Gasteiger partial charge is 0.340 e. The lowest BCUT2D eigenvalue weighted by Gasteiger charge is -2.18. The molecule has 1 amide bonds. The Labute approximate surface area is 169 Å². The molecule has 2 heterocycles. The van der Waals surface area contributed by atoms with Crippen molar-refractivity contribution in [3.05, 3.63) is 65.8 Å². The molecule has 0 aliphatic rings. The van der Waals surface area contributed by atoms with Crippen molar-refractivity contribution in [3.8, 4) is 11.4 Å². The summed E-state index contributed by atoms with van der Waals surface area (Å²) in [6.45, 7) is 3.88. The summed E-state index contributed by atoms with van der Waals surface area (Å²) in [5, 5.41) is 6.89. The van der Waals surface area contributed by atoms with E-state index in [0.717, 1.165) is 5.56 Å². The molecule has 0 fully saturated rings. The molecule has 9 heteroatoms. The SMILES string of the molecule is CC(C)C(NC(=O)c1ccc(CS(C)(=O)=O)cc1)c1nc(-c2cccnc2)no1. The Bertz CT molecular complexity index is 1080. The van der Waals surface area contributed by atoms with Crippen LogP contribution in [0.25, 0.3) is 11.4 Å². The van der Waals surface area contributed by atoms with Crippen LogP contribution in [0.5, 0.6) is 0 Å². The number of aromatic nitrogens is 3. The Morgan fingerprint density at radius 2 is 1.90 bits per heavy atom. The lowest BCUT2D eigenvalue weighted by Crippen LogP contribution is -2.32. The molecular weight excluding hydrogens is 392 g/mol. The highest BCUT2D eigenvalue weighted by Gasteiger charge is 2.25. The van der Waals surface area contributed by atoms with Gasteiger partial charge in [-0.05, 0) is 35.7 Å². The molecule has 29 heavy (non-hydrogen) atoms. The third-order valence-corrected chi connectivity index (χ3v) is 5.08. The predicted molar refractivity (Wildman–Crippen MR) is 108 cm³/mol. The van der Waals surface area contributed by atoms with Gasteiger partial charge in [0.2, 0.25) is 11.7 Å². The van der Waals surface area contributed by atoms with Crippen molar-refractivity contribution in [3.63, 3.8) is 0 Å². The van der Waals surface area contributed by atoms with Crippen LogP contribution in [0.15, 0.2) is 53.3 Å². The first-order chi connectivity index (χ1) is 13.7. The van der Waals surface area contributed by atoms with Crippen LogP contribution in [0.1, 0.15) is 41.7 Å². The summed E-state index contributed by atoms with van der Waals surface area (Å²) in [6.07, 6.45) is 4.46. The summed E-state index contributed by atoms with van der Waals surface area (Å²) < 4.78 is 28.2. The standard InChI is InChI=1S/C20H22N4O4S/c1-13(2)17(20-23-18(24-28-20)16-5-4-10-21-11-16)22-19(25)15-8-6-14(7-9-15)12-29(3,26)27/h4-11,13,17H,12H2,1-3H3,(H,22,25). The van der Waals surface area contributed by atoms with E-state index in [1.54, 1.807) is 42.7 Å². The average Bonchev–Trinajstić information content (AvgIpc) is 3.15. The summed E-state index contributed by atoms with van der Waals surface area (Å²) >= 11 is 0. The molecule has 0 bridgehead atoms. The molecule has 0 saturated heterocycles. The number of nitrogens with zero attached hydrogens (tertiary/aromatic N) is 3. The van der Waals surface area contributed by atoms with E-state index in [2.05, 4.69) is 20.4 Å². The molecule has 0 saturated carbocycles. The van der Waals surface area contributed by atoms with Gasteiger partial charge in [-0.25, -0.2) is 8.42 Å². The average molecular weight is 414 g/mol. The first kappa shape index (κ1) is 20.7.